The van der Waals surface area contributed by atoms with Crippen LogP contribution in [0.15, 0.2) is 237 Å². The molecule has 0 aliphatic heterocycles. The van der Waals surface area contributed by atoms with Crippen molar-refractivity contribution in [3.05, 3.63) is 237 Å². The summed E-state index contributed by atoms with van der Waals surface area (Å²) >= 11 is 0. The van der Waals surface area contributed by atoms with Crippen LogP contribution in [0.25, 0.3) is 93.6 Å². The molecule has 0 aliphatic carbocycles. The Hall–Kier alpha value is -8.80. The van der Waals surface area contributed by atoms with Gasteiger partial charge in [-0.2, -0.15) is 0 Å². The molecule has 3 aromatic heterocycles. The van der Waals surface area contributed by atoms with Gasteiger partial charge in [0, 0.05) is 49.4 Å². The minimum absolute atomic E-state index is 0.790. The van der Waals surface area contributed by atoms with Crippen LogP contribution < -0.4 is 9.47 Å². The molecule has 0 aliphatic rings. The Kier molecular flexibility index (Phi) is 8.46. The Morgan fingerprint density at radius 1 is 0.215 bits per heavy atom. The third-order valence-corrected chi connectivity index (χ3v) is 12.7. The third-order valence-electron chi connectivity index (χ3n) is 12.7. The maximum Gasteiger partial charge on any atom is 0.128 e. The molecule has 65 heavy (non-hydrogen) atoms. The first kappa shape index (κ1) is 36.8. The number of fused-ring (bicyclic) bond motifs is 9. The first-order valence-corrected chi connectivity index (χ1v) is 22.0. The summed E-state index contributed by atoms with van der Waals surface area (Å²) in [5.74, 6) is 3.20. The highest BCUT2D eigenvalue weighted by Crippen LogP contribution is 2.41. The minimum Gasteiger partial charge on any atom is -0.457 e. The molecular weight excluding hydrogens is 795 g/mol. The van der Waals surface area contributed by atoms with Crippen LogP contribution in [0.2, 0.25) is 0 Å². The summed E-state index contributed by atoms with van der Waals surface area (Å²) < 4.78 is 19.9. The average molecular weight is 834 g/mol. The van der Waals surface area contributed by atoms with Crippen LogP contribution in [-0.4, -0.2) is 13.7 Å². The molecule has 3 heterocycles. The van der Waals surface area contributed by atoms with E-state index < -0.39 is 0 Å². The molecule has 13 rings (SSSR count). The van der Waals surface area contributed by atoms with Crippen molar-refractivity contribution in [2.75, 3.05) is 0 Å². The van der Waals surface area contributed by atoms with Gasteiger partial charge in [0.25, 0.3) is 0 Å². The predicted molar refractivity (Wildman–Crippen MR) is 268 cm³/mol. The summed E-state index contributed by atoms with van der Waals surface area (Å²) in [5.41, 5.74) is 12.5. The lowest BCUT2D eigenvalue weighted by Crippen LogP contribution is -1.97. The molecule has 0 unspecified atom stereocenters. The highest BCUT2D eigenvalue weighted by atomic mass is 16.5. The van der Waals surface area contributed by atoms with Gasteiger partial charge in [0.2, 0.25) is 0 Å². The molecule has 306 valence electrons. The molecule has 0 amide bonds. The van der Waals surface area contributed by atoms with Gasteiger partial charge < -0.3 is 23.2 Å². The van der Waals surface area contributed by atoms with Crippen LogP contribution in [-0.2, 0) is 0 Å². The van der Waals surface area contributed by atoms with Gasteiger partial charge in [0.05, 0.1) is 33.1 Å². The molecule has 0 N–H and O–H groups in total. The number of nitrogens with zero attached hydrogens (tertiary/aromatic N) is 3. The van der Waals surface area contributed by atoms with Crippen LogP contribution >= 0.6 is 0 Å². The molecule has 13 aromatic rings. The summed E-state index contributed by atoms with van der Waals surface area (Å²) in [4.78, 5) is 0. The zero-order valence-corrected chi connectivity index (χ0v) is 35.2. The fraction of sp³-hybridized carbons (Fsp3) is 0. The van der Waals surface area contributed by atoms with Gasteiger partial charge in [-0.05, 0) is 145 Å². The zero-order valence-electron chi connectivity index (χ0n) is 35.2. The number of aromatic nitrogens is 3. The molecule has 0 spiro atoms. The van der Waals surface area contributed by atoms with E-state index in [0.717, 1.165) is 94.8 Å². The summed E-state index contributed by atoms with van der Waals surface area (Å²) in [5, 5.41) is 7.05. The van der Waals surface area contributed by atoms with Crippen LogP contribution in [0.4, 0.5) is 0 Å². The smallest absolute Gasteiger partial charge is 0.128 e. The van der Waals surface area contributed by atoms with Crippen LogP contribution in [0.3, 0.4) is 0 Å². The SMILES string of the molecule is c1ccc(Oc2ccc3c(c2)c2cc(-c4ccc5c(c4)c4cc(Oc6ccccc6)ccc4n5-c4ccc(-n5c6ccccc6c6ccccc65)cc4)ccc2n3-c2ccccc2)cc1. The number of para-hydroxylation sites is 5. The second kappa shape index (κ2) is 14.9. The lowest BCUT2D eigenvalue weighted by Gasteiger charge is -2.12. The van der Waals surface area contributed by atoms with Crippen molar-refractivity contribution in [2.24, 2.45) is 0 Å². The summed E-state index contributed by atoms with van der Waals surface area (Å²) in [6.07, 6.45) is 0. The molecule has 0 fully saturated rings. The monoisotopic (exact) mass is 833 g/mol. The second-order valence-corrected chi connectivity index (χ2v) is 16.5. The quantitative estimate of drug-likeness (QED) is 0.153. The van der Waals surface area contributed by atoms with Crippen molar-refractivity contribution in [3.8, 4) is 51.2 Å². The Morgan fingerprint density at radius 3 is 0.969 bits per heavy atom. The van der Waals surface area contributed by atoms with Crippen molar-refractivity contribution in [2.45, 2.75) is 0 Å². The topological polar surface area (TPSA) is 33.2 Å². The van der Waals surface area contributed by atoms with E-state index in [4.69, 9.17) is 9.47 Å². The Labute approximate surface area is 374 Å². The van der Waals surface area contributed by atoms with Crippen molar-refractivity contribution in [1.82, 2.24) is 13.7 Å². The number of hydrogen-bond acceptors (Lipinski definition) is 2. The summed E-state index contributed by atoms with van der Waals surface area (Å²) in [7, 11) is 0. The van der Waals surface area contributed by atoms with Gasteiger partial charge in [0.1, 0.15) is 23.0 Å². The fourth-order valence-corrected chi connectivity index (χ4v) is 9.83. The van der Waals surface area contributed by atoms with Crippen molar-refractivity contribution < 1.29 is 9.47 Å². The molecule has 10 aromatic carbocycles. The van der Waals surface area contributed by atoms with Gasteiger partial charge >= 0.3 is 0 Å². The van der Waals surface area contributed by atoms with E-state index in [1.54, 1.807) is 0 Å². The normalized spacial score (nSPS) is 11.7. The van der Waals surface area contributed by atoms with E-state index in [0.29, 0.717) is 0 Å². The maximum atomic E-state index is 6.44. The van der Waals surface area contributed by atoms with E-state index >= 15 is 0 Å². The van der Waals surface area contributed by atoms with Gasteiger partial charge in [-0.1, -0.05) is 103 Å². The molecule has 5 heteroatoms. The van der Waals surface area contributed by atoms with Crippen molar-refractivity contribution >= 4 is 65.4 Å². The standard InChI is InChI=1S/C60H39N3O2/c1-4-14-42(15-5-1)61-57-32-24-40(36-51(57)53-38-47(30-34-59(53)61)64-45-16-6-2-7-17-45)41-25-33-58-52(37-41)54-39-48(65-46-18-8-3-9-19-46)31-35-60(54)63(58)44-28-26-43(27-29-44)62-55-22-12-10-20-49(55)50-21-11-13-23-56(50)62/h1-39H. The zero-order chi connectivity index (χ0) is 42.8. The first-order chi connectivity index (χ1) is 32.2. The van der Waals surface area contributed by atoms with E-state index in [-0.39, 0.29) is 0 Å². The predicted octanol–water partition coefficient (Wildman–Crippen LogP) is 16.2. The Balaban J connectivity index is 0.968. The Bertz CT molecular complexity index is 3870. The highest BCUT2D eigenvalue weighted by Gasteiger charge is 2.19. The number of benzene rings is 10. The molecule has 5 nitrogen and oxygen atoms in total. The molecule has 0 saturated heterocycles. The van der Waals surface area contributed by atoms with Gasteiger partial charge in [-0.15, -0.1) is 0 Å². The number of hydrogen-bond donors (Lipinski definition) is 0. The first-order valence-electron chi connectivity index (χ1n) is 22.0. The maximum absolute atomic E-state index is 6.44. The lowest BCUT2D eigenvalue weighted by atomic mass is 10.0. The van der Waals surface area contributed by atoms with E-state index in [9.17, 15) is 0 Å². The summed E-state index contributed by atoms with van der Waals surface area (Å²) in [6, 6.07) is 83.4. The highest BCUT2D eigenvalue weighted by molar-refractivity contribution is 6.13. The molecule has 0 atom stereocenters. The van der Waals surface area contributed by atoms with Crippen LogP contribution in [0.1, 0.15) is 0 Å². The average Bonchev–Trinajstić information content (AvgIpc) is 4.00. The van der Waals surface area contributed by atoms with Crippen molar-refractivity contribution in [3.63, 3.8) is 0 Å². The number of ether oxygens (including phenoxy) is 2. The van der Waals surface area contributed by atoms with E-state index in [1.807, 2.05) is 60.7 Å². The largest absolute Gasteiger partial charge is 0.457 e. The van der Waals surface area contributed by atoms with Crippen LogP contribution in [0.5, 0.6) is 23.0 Å². The number of rotatable bonds is 8. The van der Waals surface area contributed by atoms with E-state index in [2.05, 4.69) is 190 Å². The van der Waals surface area contributed by atoms with Crippen LogP contribution in [0, 0.1) is 0 Å². The van der Waals surface area contributed by atoms with E-state index in [1.165, 1.54) is 21.8 Å². The summed E-state index contributed by atoms with van der Waals surface area (Å²) in [6.45, 7) is 0. The van der Waals surface area contributed by atoms with Crippen molar-refractivity contribution in [1.29, 1.82) is 0 Å². The minimum atomic E-state index is 0.790. The lowest BCUT2D eigenvalue weighted by molar-refractivity contribution is 0.483. The van der Waals surface area contributed by atoms with Gasteiger partial charge in [-0.25, -0.2) is 0 Å². The molecule has 0 bridgehead atoms. The van der Waals surface area contributed by atoms with Gasteiger partial charge in [-0.3, -0.25) is 0 Å². The molecule has 0 saturated carbocycles. The second-order valence-electron chi connectivity index (χ2n) is 16.5. The third kappa shape index (κ3) is 6.16. The van der Waals surface area contributed by atoms with Gasteiger partial charge in [0.15, 0.2) is 0 Å². The fourth-order valence-electron chi connectivity index (χ4n) is 9.83. The molecular formula is C60H39N3O2. The molecule has 0 radical (unpaired) electrons. The Morgan fingerprint density at radius 2 is 0.538 bits per heavy atom.